The third-order valence-electron chi connectivity index (χ3n) is 18.6. The van der Waals surface area contributed by atoms with Crippen LogP contribution in [0.15, 0.2) is 126 Å². The minimum absolute atomic E-state index is 0.00982. The van der Waals surface area contributed by atoms with Crippen LogP contribution in [0.3, 0.4) is 0 Å². The molecule has 0 atom stereocenters. The zero-order valence-corrected chi connectivity index (χ0v) is 44.9. The summed E-state index contributed by atoms with van der Waals surface area (Å²) in [6.45, 7) is 32.0. The predicted octanol–water partition coefficient (Wildman–Crippen LogP) is 17.2. The molecule has 12 rings (SSSR count). The van der Waals surface area contributed by atoms with Gasteiger partial charge in [0, 0.05) is 33.7 Å². The average Bonchev–Trinajstić information content (AvgIpc) is 3.71. The van der Waals surface area contributed by atoms with E-state index in [0.29, 0.717) is 0 Å². The third-order valence-corrected chi connectivity index (χ3v) is 18.6. The molecule has 3 nitrogen and oxygen atoms in total. The Labute approximate surface area is 424 Å². The molecule has 2 heterocycles. The van der Waals surface area contributed by atoms with E-state index in [1.807, 2.05) is 0 Å². The Bertz CT molecular complexity index is 3460. The van der Waals surface area contributed by atoms with Crippen molar-refractivity contribution in [2.45, 2.75) is 161 Å². The van der Waals surface area contributed by atoms with Gasteiger partial charge in [-0.05, 0) is 188 Å². The fourth-order valence-electron chi connectivity index (χ4n) is 13.6. The zero-order valence-electron chi connectivity index (χ0n) is 44.9. The lowest BCUT2D eigenvalue weighted by Crippen LogP contribution is -2.44. The van der Waals surface area contributed by atoms with Gasteiger partial charge in [0.25, 0.3) is 0 Å². The second-order valence-corrected chi connectivity index (χ2v) is 26.3. The van der Waals surface area contributed by atoms with Gasteiger partial charge in [-0.15, -0.1) is 0 Å². The Morgan fingerprint density at radius 2 is 0.958 bits per heavy atom. The fourth-order valence-corrected chi connectivity index (χ4v) is 13.6. The molecule has 0 unspecified atom stereocenters. The van der Waals surface area contributed by atoms with Gasteiger partial charge in [0.05, 0.1) is 11.1 Å². The normalized spacial score (nSPS) is 19.5. The van der Waals surface area contributed by atoms with E-state index in [0.717, 1.165) is 49.1 Å². The number of nitrogens with one attached hydrogen (secondary N) is 1. The molecule has 0 fully saturated rings. The summed E-state index contributed by atoms with van der Waals surface area (Å²) in [7, 11) is 0.815. The number of hydrogen-bond acceptors (Lipinski definition) is 3. The number of fused-ring (bicyclic) bond motifs is 9. The van der Waals surface area contributed by atoms with Gasteiger partial charge in [0.2, 0.25) is 0 Å². The molecule has 360 valence electrons. The summed E-state index contributed by atoms with van der Waals surface area (Å²) in [4.78, 5) is 2.73. The number of benzene rings is 7. The summed E-state index contributed by atoms with van der Waals surface area (Å²) in [5, 5.41) is 6.45. The molecule has 0 bridgehead atoms. The van der Waals surface area contributed by atoms with Crippen molar-refractivity contribution in [3.05, 3.63) is 160 Å². The number of hydrogen-bond donors (Lipinski definition) is 1. The molecule has 71 heavy (non-hydrogen) atoms. The van der Waals surface area contributed by atoms with Gasteiger partial charge in [-0.1, -0.05) is 161 Å². The molecule has 4 aliphatic rings. The van der Waals surface area contributed by atoms with Crippen LogP contribution in [0.25, 0.3) is 44.2 Å². The second-order valence-electron chi connectivity index (χ2n) is 26.3. The lowest BCUT2D eigenvalue weighted by molar-refractivity contribution is 0.331. The van der Waals surface area contributed by atoms with Crippen molar-refractivity contribution in [3.8, 4) is 22.3 Å². The van der Waals surface area contributed by atoms with Crippen LogP contribution in [0.5, 0.6) is 0 Å². The molecule has 0 spiro atoms. The number of nitrogens with zero attached hydrogens (tertiary/aromatic N) is 1. The van der Waals surface area contributed by atoms with E-state index in [-0.39, 0.29) is 32.5 Å². The Morgan fingerprint density at radius 1 is 0.465 bits per heavy atom. The highest BCUT2D eigenvalue weighted by atomic mass is 16.3. The molecule has 7 aromatic carbocycles. The molecule has 0 radical (unpaired) electrons. The number of anilines is 5. The molecule has 3 aliphatic carbocycles. The van der Waals surface area contributed by atoms with Crippen LogP contribution in [0, 0.1) is 6.92 Å². The van der Waals surface area contributed by atoms with Crippen molar-refractivity contribution in [2.75, 3.05) is 10.2 Å². The van der Waals surface area contributed by atoms with Crippen LogP contribution in [0.4, 0.5) is 28.4 Å². The summed E-state index contributed by atoms with van der Waals surface area (Å²) < 4.78 is 7.14. The number of rotatable bonds is 5. The lowest BCUT2D eigenvalue weighted by atomic mass is 9.54. The maximum absolute atomic E-state index is 7.14. The third kappa shape index (κ3) is 7.27. The Hall–Kier alpha value is -6.00. The predicted molar refractivity (Wildman–Crippen MR) is 306 cm³/mol. The summed E-state index contributed by atoms with van der Waals surface area (Å²) in [6.07, 6.45) is 6.98. The molecular formula is C67H73BN2O. The van der Waals surface area contributed by atoms with Gasteiger partial charge in [-0.3, -0.25) is 0 Å². The number of aryl methyl sites for hydroxylation is 1. The van der Waals surface area contributed by atoms with Crippen LogP contribution in [0.2, 0.25) is 0 Å². The lowest BCUT2D eigenvalue weighted by Gasteiger charge is -2.46. The first kappa shape index (κ1) is 46.1. The van der Waals surface area contributed by atoms with E-state index < -0.39 is 0 Å². The first-order valence-electron chi connectivity index (χ1n) is 26.8. The first-order chi connectivity index (χ1) is 33.5. The van der Waals surface area contributed by atoms with Gasteiger partial charge >= 0.3 is 0 Å². The van der Waals surface area contributed by atoms with Gasteiger partial charge in [-0.25, -0.2) is 0 Å². The SMILES string of the molecule is Cc1cc2c(cc1N1c3cc4c(cc3Bc3c(-c5cc6c(cc5Nc5ccc(-c7ccccc7)cc5)C(C)(C)CCC6(C)C)cc5oc6ccccc6c5c31)C(C)(C)CCC4(C)C)C(C)(C)CCC2(C)C. The van der Waals surface area contributed by atoms with Crippen molar-refractivity contribution in [1.82, 2.24) is 0 Å². The van der Waals surface area contributed by atoms with Crippen LogP contribution < -0.4 is 21.1 Å². The van der Waals surface area contributed by atoms with E-state index >= 15 is 0 Å². The second kappa shape index (κ2) is 15.5. The van der Waals surface area contributed by atoms with Gasteiger partial charge in [0.1, 0.15) is 11.2 Å². The number of para-hydroxylation sites is 1. The summed E-state index contributed by atoms with van der Waals surface area (Å²) in [5.74, 6) is 0. The molecule has 0 amide bonds. The minimum atomic E-state index is 0.00982. The topological polar surface area (TPSA) is 28.4 Å². The van der Waals surface area contributed by atoms with Crippen molar-refractivity contribution in [2.24, 2.45) is 0 Å². The molecular weight excluding hydrogens is 860 g/mol. The fraction of sp³-hybridized carbons (Fsp3) is 0.373. The van der Waals surface area contributed by atoms with Crippen molar-refractivity contribution in [3.63, 3.8) is 0 Å². The highest BCUT2D eigenvalue weighted by Gasteiger charge is 2.44. The summed E-state index contributed by atoms with van der Waals surface area (Å²) in [5.41, 5.74) is 26.1. The van der Waals surface area contributed by atoms with Crippen LogP contribution >= 0.6 is 0 Å². The molecule has 0 saturated heterocycles. The molecule has 1 aliphatic heterocycles. The summed E-state index contributed by atoms with van der Waals surface area (Å²) >= 11 is 0. The first-order valence-corrected chi connectivity index (χ1v) is 26.8. The van der Waals surface area contributed by atoms with Crippen LogP contribution in [-0.2, 0) is 32.5 Å². The van der Waals surface area contributed by atoms with Crippen molar-refractivity contribution < 1.29 is 4.42 Å². The van der Waals surface area contributed by atoms with Crippen molar-refractivity contribution >= 4 is 68.6 Å². The Kier molecular flexibility index (Phi) is 10.1. The van der Waals surface area contributed by atoms with Crippen molar-refractivity contribution in [1.29, 1.82) is 0 Å². The average molecular weight is 933 g/mol. The molecule has 1 aromatic heterocycles. The van der Waals surface area contributed by atoms with Gasteiger partial charge < -0.3 is 14.6 Å². The zero-order chi connectivity index (χ0) is 49.8. The molecule has 4 heteroatoms. The smallest absolute Gasteiger partial charge is 0.198 e. The highest BCUT2D eigenvalue weighted by Crippen LogP contribution is 2.55. The molecule has 1 N–H and O–H groups in total. The van der Waals surface area contributed by atoms with Crippen LogP contribution in [0.1, 0.15) is 161 Å². The van der Waals surface area contributed by atoms with E-state index in [1.54, 1.807) is 0 Å². The monoisotopic (exact) mass is 933 g/mol. The van der Waals surface area contributed by atoms with Crippen LogP contribution in [-0.4, -0.2) is 7.28 Å². The van der Waals surface area contributed by atoms with E-state index in [1.165, 1.54) is 119 Å². The maximum Gasteiger partial charge on any atom is 0.198 e. The Balaban J connectivity index is 1.18. The summed E-state index contributed by atoms with van der Waals surface area (Å²) in [6, 6.07) is 46.5. The molecule has 0 saturated carbocycles. The Morgan fingerprint density at radius 3 is 1.56 bits per heavy atom. The highest BCUT2D eigenvalue weighted by molar-refractivity contribution is 6.74. The molecule has 8 aromatic rings. The van der Waals surface area contributed by atoms with Gasteiger partial charge in [-0.2, -0.15) is 0 Å². The van der Waals surface area contributed by atoms with Gasteiger partial charge in [0.15, 0.2) is 7.28 Å². The maximum atomic E-state index is 7.14. The van der Waals surface area contributed by atoms with E-state index in [9.17, 15) is 0 Å². The largest absolute Gasteiger partial charge is 0.456 e. The standard InChI is InChI=1S/C67H73BN2O/c1-40-33-47-51(66(10,11)31-27-62(47,2)3)38-55(40)70-56-39-52-49(64(6,7)29-32-67(52,12)13)36-53(56)68-60-46(35-58-59(61(60)70)44-21-17-18-22-57(44)71-58)45-34-48-50(65(8,9)30-28-63(48,4)5)37-54(45)69-43-25-23-42(24-26-43)41-19-15-14-16-20-41/h14-26,33-39,68-69H,27-32H2,1-13H3. The quantitative estimate of drug-likeness (QED) is 0.174. The minimum Gasteiger partial charge on any atom is -0.456 e. The van der Waals surface area contributed by atoms with E-state index in [2.05, 4.69) is 222 Å². The number of furan rings is 1. The van der Waals surface area contributed by atoms with E-state index in [4.69, 9.17) is 4.42 Å².